The quantitative estimate of drug-likeness (QED) is 0.877. The van der Waals surface area contributed by atoms with E-state index >= 15 is 0 Å². The highest BCUT2D eigenvalue weighted by molar-refractivity contribution is 7.89. The average Bonchev–Trinajstić information content (AvgIpc) is 2.40. The predicted octanol–water partition coefficient (Wildman–Crippen LogP) is 1.24. The lowest BCUT2D eigenvalue weighted by Crippen LogP contribution is -2.38. The third-order valence-electron chi connectivity index (χ3n) is 3.14. The molecular formula is C12H16F2N2O2S. The summed E-state index contributed by atoms with van der Waals surface area (Å²) in [5.74, 6) is -1.54. The van der Waals surface area contributed by atoms with Gasteiger partial charge in [0.1, 0.15) is 16.5 Å². The van der Waals surface area contributed by atoms with Gasteiger partial charge in [0.05, 0.1) is 0 Å². The third kappa shape index (κ3) is 3.71. The zero-order valence-electron chi connectivity index (χ0n) is 10.3. The summed E-state index contributed by atoms with van der Waals surface area (Å²) < 4.78 is 52.6. The Morgan fingerprint density at radius 2 is 2.16 bits per heavy atom. The van der Waals surface area contributed by atoms with Gasteiger partial charge in [-0.1, -0.05) is 0 Å². The molecule has 1 saturated heterocycles. The van der Waals surface area contributed by atoms with Crippen LogP contribution in [-0.4, -0.2) is 28.1 Å². The zero-order chi connectivity index (χ0) is 13.9. The smallest absolute Gasteiger partial charge is 0.243 e. The fraction of sp³-hybridized carbons (Fsp3) is 0.500. The van der Waals surface area contributed by atoms with E-state index in [9.17, 15) is 17.2 Å². The molecule has 1 aliphatic rings. The van der Waals surface area contributed by atoms with Gasteiger partial charge in [0, 0.05) is 6.54 Å². The Bertz CT molecular complexity index is 543. The van der Waals surface area contributed by atoms with Crippen LogP contribution >= 0.6 is 0 Å². The molecule has 7 heteroatoms. The topological polar surface area (TPSA) is 58.2 Å². The second kappa shape index (κ2) is 5.94. The van der Waals surface area contributed by atoms with E-state index in [-0.39, 0.29) is 12.5 Å². The van der Waals surface area contributed by atoms with Gasteiger partial charge in [0.25, 0.3) is 0 Å². The Kier molecular flexibility index (Phi) is 4.49. The van der Waals surface area contributed by atoms with E-state index in [4.69, 9.17) is 0 Å². The van der Waals surface area contributed by atoms with Crippen molar-refractivity contribution in [3.05, 3.63) is 29.8 Å². The summed E-state index contributed by atoms with van der Waals surface area (Å²) in [5, 5.41) is 3.16. The van der Waals surface area contributed by atoms with Crippen molar-refractivity contribution in [1.82, 2.24) is 10.0 Å². The number of piperidine rings is 1. The molecule has 1 aromatic carbocycles. The maximum absolute atomic E-state index is 13.4. The number of benzene rings is 1. The Morgan fingerprint density at radius 1 is 1.37 bits per heavy atom. The highest BCUT2D eigenvalue weighted by Crippen LogP contribution is 2.16. The molecule has 1 aromatic rings. The van der Waals surface area contributed by atoms with Crippen LogP contribution in [0, 0.1) is 17.6 Å². The molecule has 1 heterocycles. The standard InChI is InChI=1S/C12H16F2N2O2S/c13-10-3-4-11(14)12(6-10)19(17,18)16-8-9-2-1-5-15-7-9/h3-4,6,9,15-16H,1-2,5,7-8H2/t9-/m0/s1. The van der Waals surface area contributed by atoms with Crippen LogP contribution in [0.2, 0.25) is 0 Å². The monoisotopic (exact) mass is 290 g/mol. The fourth-order valence-corrected chi connectivity index (χ4v) is 3.29. The van der Waals surface area contributed by atoms with E-state index < -0.39 is 26.6 Å². The third-order valence-corrected chi connectivity index (χ3v) is 4.58. The number of hydrogen-bond acceptors (Lipinski definition) is 3. The van der Waals surface area contributed by atoms with Crippen LogP contribution in [0.15, 0.2) is 23.1 Å². The Hall–Kier alpha value is -1.05. The summed E-state index contributed by atoms with van der Waals surface area (Å²) in [4.78, 5) is -0.642. The lowest BCUT2D eigenvalue weighted by molar-refractivity contribution is 0.375. The van der Waals surface area contributed by atoms with Crippen molar-refractivity contribution in [2.45, 2.75) is 17.7 Å². The van der Waals surface area contributed by atoms with Gasteiger partial charge in [-0.15, -0.1) is 0 Å². The van der Waals surface area contributed by atoms with Crippen LogP contribution < -0.4 is 10.0 Å². The highest BCUT2D eigenvalue weighted by Gasteiger charge is 2.22. The lowest BCUT2D eigenvalue weighted by Gasteiger charge is -2.22. The van der Waals surface area contributed by atoms with Crippen molar-refractivity contribution >= 4 is 10.0 Å². The van der Waals surface area contributed by atoms with Gasteiger partial charge < -0.3 is 5.32 Å². The molecule has 0 amide bonds. The van der Waals surface area contributed by atoms with Gasteiger partial charge in [-0.05, 0) is 50.0 Å². The molecule has 2 N–H and O–H groups in total. The summed E-state index contributed by atoms with van der Waals surface area (Å²) in [6.07, 6.45) is 1.90. The highest BCUT2D eigenvalue weighted by atomic mass is 32.2. The van der Waals surface area contributed by atoms with Crippen LogP contribution in [-0.2, 0) is 10.0 Å². The summed E-state index contributed by atoms with van der Waals surface area (Å²) in [6.45, 7) is 1.89. The number of nitrogens with one attached hydrogen (secondary N) is 2. The number of sulfonamides is 1. The number of hydrogen-bond donors (Lipinski definition) is 2. The van der Waals surface area contributed by atoms with E-state index in [2.05, 4.69) is 10.0 Å². The first-order valence-electron chi connectivity index (χ1n) is 6.14. The fourth-order valence-electron chi connectivity index (χ4n) is 2.09. The Labute approximate surface area is 111 Å². The SMILES string of the molecule is O=S(=O)(NC[C@H]1CCCNC1)c1cc(F)ccc1F. The summed E-state index contributed by atoms with van der Waals surface area (Å²) in [7, 11) is -4.01. The minimum absolute atomic E-state index is 0.181. The molecule has 0 aliphatic carbocycles. The maximum atomic E-state index is 13.4. The van der Waals surface area contributed by atoms with E-state index in [0.717, 1.165) is 38.1 Å². The minimum atomic E-state index is -4.01. The van der Waals surface area contributed by atoms with Gasteiger partial charge in [0.2, 0.25) is 10.0 Å². The van der Waals surface area contributed by atoms with Crippen LogP contribution in [0.5, 0.6) is 0 Å². The number of halogens is 2. The summed E-state index contributed by atoms with van der Waals surface area (Å²) in [6, 6.07) is 2.39. The number of rotatable bonds is 4. The van der Waals surface area contributed by atoms with Gasteiger partial charge in [-0.2, -0.15) is 0 Å². The second-order valence-corrected chi connectivity index (χ2v) is 6.37. The molecule has 0 bridgehead atoms. The van der Waals surface area contributed by atoms with Crippen molar-refractivity contribution in [2.24, 2.45) is 5.92 Å². The molecular weight excluding hydrogens is 274 g/mol. The van der Waals surface area contributed by atoms with E-state index in [0.29, 0.717) is 6.07 Å². The molecule has 4 nitrogen and oxygen atoms in total. The van der Waals surface area contributed by atoms with Gasteiger partial charge >= 0.3 is 0 Å². The van der Waals surface area contributed by atoms with E-state index in [1.807, 2.05) is 0 Å². The average molecular weight is 290 g/mol. The van der Waals surface area contributed by atoms with Crippen molar-refractivity contribution in [3.63, 3.8) is 0 Å². The molecule has 106 valence electrons. The van der Waals surface area contributed by atoms with Crippen LogP contribution in [0.4, 0.5) is 8.78 Å². The van der Waals surface area contributed by atoms with Crippen LogP contribution in [0.1, 0.15) is 12.8 Å². The van der Waals surface area contributed by atoms with Crippen molar-refractivity contribution in [1.29, 1.82) is 0 Å². The van der Waals surface area contributed by atoms with Gasteiger partial charge in [-0.3, -0.25) is 0 Å². The maximum Gasteiger partial charge on any atom is 0.243 e. The van der Waals surface area contributed by atoms with Crippen molar-refractivity contribution in [2.75, 3.05) is 19.6 Å². The molecule has 0 spiro atoms. The molecule has 0 unspecified atom stereocenters. The zero-order valence-corrected chi connectivity index (χ0v) is 11.1. The molecule has 19 heavy (non-hydrogen) atoms. The van der Waals surface area contributed by atoms with Crippen molar-refractivity contribution < 1.29 is 17.2 Å². The molecule has 1 atom stereocenters. The van der Waals surface area contributed by atoms with Crippen molar-refractivity contribution in [3.8, 4) is 0 Å². The first-order valence-corrected chi connectivity index (χ1v) is 7.63. The first-order chi connectivity index (χ1) is 8.99. The van der Waals surface area contributed by atoms with Gasteiger partial charge in [-0.25, -0.2) is 21.9 Å². The summed E-state index contributed by atoms with van der Waals surface area (Å²) in [5.41, 5.74) is 0. The Morgan fingerprint density at radius 3 is 2.84 bits per heavy atom. The molecule has 2 rings (SSSR count). The molecule has 1 fully saturated rings. The molecule has 0 saturated carbocycles. The second-order valence-electron chi connectivity index (χ2n) is 4.64. The summed E-state index contributed by atoms with van der Waals surface area (Å²) >= 11 is 0. The Balaban J connectivity index is 2.07. The first kappa shape index (κ1) is 14.4. The van der Waals surface area contributed by atoms with Crippen LogP contribution in [0.3, 0.4) is 0 Å². The van der Waals surface area contributed by atoms with E-state index in [1.54, 1.807) is 0 Å². The predicted molar refractivity (Wildman–Crippen MR) is 67.1 cm³/mol. The largest absolute Gasteiger partial charge is 0.316 e. The van der Waals surface area contributed by atoms with Gasteiger partial charge in [0.15, 0.2) is 0 Å². The van der Waals surface area contributed by atoms with Crippen LogP contribution in [0.25, 0.3) is 0 Å². The lowest BCUT2D eigenvalue weighted by atomic mass is 10.0. The molecule has 0 aromatic heterocycles. The molecule has 1 aliphatic heterocycles. The van der Waals surface area contributed by atoms with E-state index in [1.165, 1.54) is 0 Å². The molecule has 0 radical (unpaired) electrons. The minimum Gasteiger partial charge on any atom is -0.316 e. The normalized spacial score (nSPS) is 20.4.